The van der Waals surface area contributed by atoms with Crippen molar-refractivity contribution in [1.82, 2.24) is 9.80 Å². The molecule has 5 heteroatoms. The van der Waals surface area contributed by atoms with Gasteiger partial charge in [-0.2, -0.15) is 0 Å². The van der Waals surface area contributed by atoms with Crippen molar-refractivity contribution in [2.24, 2.45) is 5.92 Å². The number of nitrogens with zero attached hydrogens (tertiary/aromatic N) is 2. The number of hydrogen-bond donors (Lipinski definition) is 0. The highest BCUT2D eigenvalue weighted by molar-refractivity contribution is 5.94. The highest BCUT2D eigenvalue weighted by Crippen LogP contribution is 2.29. The van der Waals surface area contributed by atoms with E-state index in [4.69, 9.17) is 4.74 Å². The maximum Gasteiger partial charge on any atom is 0.253 e. The van der Waals surface area contributed by atoms with Crippen molar-refractivity contribution in [3.63, 3.8) is 0 Å². The largest absolute Gasteiger partial charge is 0.367 e. The SMILES string of the molecule is O=C(c1ccccc1)N1C[C@H]2CC[C@@H](C1)N(C(=O)COCc1ccccc1)C2. The first kappa shape index (κ1) is 18.7. The number of fused-ring (bicyclic) bond motifs is 4. The highest BCUT2D eigenvalue weighted by atomic mass is 16.5. The Bertz CT molecular complexity index is 809. The fourth-order valence-corrected chi connectivity index (χ4v) is 4.23. The van der Waals surface area contributed by atoms with Gasteiger partial charge in [-0.15, -0.1) is 0 Å². The molecule has 0 unspecified atom stereocenters. The molecule has 2 bridgehead atoms. The van der Waals surface area contributed by atoms with E-state index in [0.717, 1.165) is 31.5 Å². The van der Waals surface area contributed by atoms with Gasteiger partial charge >= 0.3 is 0 Å². The lowest BCUT2D eigenvalue weighted by Crippen LogP contribution is -2.49. The van der Waals surface area contributed by atoms with Crippen molar-refractivity contribution >= 4 is 11.8 Å². The zero-order valence-corrected chi connectivity index (χ0v) is 16.0. The topological polar surface area (TPSA) is 49.9 Å². The van der Waals surface area contributed by atoms with Gasteiger partial charge in [-0.3, -0.25) is 9.59 Å². The quantitative estimate of drug-likeness (QED) is 0.804. The summed E-state index contributed by atoms with van der Waals surface area (Å²) in [4.78, 5) is 29.5. The van der Waals surface area contributed by atoms with E-state index in [9.17, 15) is 9.59 Å². The van der Waals surface area contributed by atoms with Crippen molar-refractivity contribution in [2.75, 3.05) is 26.2 Å². The molecule has 2 aromatic carbocycles. The minimum absolute atomic E-state index is 0.0274. The summed E-state index contributed by atoms with van der Waals surface area (Å²) in [5.41, 5.74) is 1.78. The fourth-order valence-electron chi connectivity index (χ4n) is 4.23. The van der Waals surface area contributed by atoms with Gasteiger partial charge in [0, 0.05) is 31.2 Å². The Morgan fingerprint density at radius 2 is 1.61 bits per heavy atom. The zero-order valence-electron chi connectivity index (χ0n) is 16.0. The van der Waals surface area contributed by atoms with Crippen LogP contribution in [0.3, 0.4) is 0 Å². The third kappa shape index (κ3) is 4.25. The van der Waals surface area contributed by atoms with Crippen molar-refractivity contribution in [2.45, 2.75) is 25.5 Å². The molecule has 28 heavy (non-hydrogen) atoms. The predicted molar refractivity (Wildman–Crippen MR) is 107 cm³/mol. The molecule has 5 rings (SSSR count). The lowest BCUT2D eigenvalue weighted by Gasteiger charge is -2.36. The van der Waals surface area contributed by atoms with E-state index in [1.165, 1.54) is 0 Å². The standard InChI is InChI=1S/C23H26N2O3/c26-22(17-28-16-18-7-3-1-4-8-18)25-14-19-11-12-21(25)15-24(13-19)23(27)20-9-5-2-6-10-20/h1-10,19,21H,11-17H2/t19-,21+/m1/s1. The molecule has 3 heterocycles. The summed E-state index contributed by atoms with van der Waals surface area (Å²) in [7, 11) is 0. The first-order valence-electron chi connectivity index (χ1n) is 9.96. The number of benzene rings is 2. The molecule has 3 aliphatic rings. The summed E-state index contributed by atoms with van der Waals surface area (Å²) in [5.74, 6) is 0.427. The van der Waals surface area contributed by atoms with Gasteiger partial charge in [-0.05, 0) is 36.5 Å². The van der Waals surface area contributed by atoms with Crippen LogP contribution in [0.4, 0.5) is 0 Å². The maximum absolute atomic E-state index is 12.9. The monoisotopic (exact) mass is 378 g/mol. The molecule has 5 nitrogen and oxygen atoms in total. The van der Waals surface area contributed by atoms with Crippen molar-refractivity contribution in [1.29, 1.82) is 0 Å². The van der Waals surface area contributed by atoms with E-state index >= 15 is 0 Å². The van der Waals surface area contributed by atoms with Gasteiger partial charge in [-0.1, -0.05) is 48.5 Å². The first-order valence-corrected chi connectivity index (χ1v) is 9.96. The van der Waals surface area contributed by atoms with E-state index in [1.807, 2.05) is 70.5 Å². The smallest absolute Gasteiger partial charge is 0.253 e. The van der Waals surface area contributed by atoms with Crippen LogP contribution in [0.2, 0.25) is 0 Å². The van der Waals surface area contributed by atoms with Gasteiger partial charge in [-0.25, -0.2) is 0 Å². The number of rotatable bonds is 5. The molecular formula is C23H26N2O3. The summed E-state index contributed by atoms with van der Waals surface area (Å²) >= 11 is 0. The number of piperidine rings is 1. The normalized spacial score (nSPS) is 21.4. The van der Waals surface area contributed by atoms with Gasteiger partial charge < -0.3 is 14.5 Å². The Kier molecular flexibility index (Phi) is 5.72. The lowest BCUT2D eigenvalue weighted by molar-refractivity contribution is -0.140. The van der Waals surface area contributed by atoms with Crippen LogP contribution in [0.15, 0.2) is 60.7 Å². The molecule has 2 aromatic rings. The van der Waals surface area contributed by atoms with Crippen molar-refractivity contribution < 1.29 is 14.3 Å². The van der Waals surface area contributed by atoms with E-state index in [2.05, 4.69) is 0 Å². The lowest BCUT2D eigenvalue weighted by atomic mass is 9.95. The second-order valence-corrected chi connectivity index (χ2v) is 7.70. The van der Waals surface area contributed by atoms with Gasteiger partial charge in [0.15, 0.2) is 0 Å². The Morgan fingerprint density at radius 3 is 2.36 bits per heavy atom. The van der Waals surface area contributed by atoms with Crippen LogP contribution in [0.1, 0.15) is 28.8 Å². The third-order valence-corrected chi connectivity index (χ3v) is 5.68. The van der Waals surface area contributed by atoms with E-state index in [-0.39, 0.29) is 24.5 Å². The summed E-state index contributed by atoms with van der Waals surface area (Å²) in [6, 6.07) is 19.4. The van der Waals surface area contributed by atoms with Gasteiger partial charge in [0.2, 0.25) is 5.91 Å². The van der Waals surface area contributed by atoms with E-state index < -0.39 is 0 Å². The van der Waals surface area contributed by atoms with Crippen LogP contribution in [-0.4, -0.2) is 53.9 Å². The molecule has 2 atom stereocenters. The Labute approximate surface area is 165 Å². The second-order valence-electron chi connectivity index (χ2n) is 7.70. The molecule has 0 aromatic heterocycles. The first-order chi connectivity index (χ1) is 13.7. The molecule has 0 radical (unpaired) electrons. The molecule has 0 saturated carbocycles. The number of hydrogen-bond acceptors (Lipinski definition) is 3. The Balaban J connectivity index is 1.36. The molecule has 3 saturated heterocycles. The number of amides is 2. The average molecular weight is 378 g/mol. The Hall–Kier alpha value is -2.66. The second kappa shape index (κ2) is 8.57. The number of carbonyl (C=O) groups is 2. The van der Waals surface area contributed by atoms with Gasteiger partial charge in [0.05, 0.1) is 6.61 Å². The molecule has 2 amide bonds. The molecule has 146 valence electrons. The van der Waals surface area contributed by atoms with Crippen LogP contribution >= 0.6 is 0 Å². The average Bonchev–Trinajstić information content (AvgIpc) is 3.07. The van der Waals surface area contributed by atoms with Crippen LogP contribution in [0, 0.1) is 5.92 Å². The van der Waals surface area contributed by atoms with Crippen LogP contribution in [-0.2, 0) is 16.1 Å². The molecule has 3 fully saturated rings. The number of ether oxygens (including phenoxy) is 1. The summed E-state index contributed by atoms with van der Waals surface area (Å²) in [6.45, 7) is 2.57. The van der Waals surface area contributed by atoms with E-state index in [1.54, 1.807) is 0 Å². The summed E-state index contributed by atoms with van der Waals surface area (Å²) in [6.07, 6.45) is 2.02. The van der Waals surface area contributed by atoms with Crippen LogP contribution in [0.25, 0.3) is 0 Å². The van der Waals surface area contributed by atoms with Crippen LogP contribution in [0.5, 0.6) is 0 Å². The Morgan fingerprint density at radius 1 is 0.893 bits per heavy atom. The minimum Gasteiger partial charge on any atom is -0.367 e. The molecule has 0 N–H and O–H groups in total. The van der Waals surface area contributed by atoms with E-state index in [0.29, 0.717) is 24.6 Å². The molecular weight excluding hydrogens is 352 g/mol. The molecule has 3 aliphatic heterocycles. The highest BCUT2D eigenvalue weighted by Gasteiger charge is 2.38. The van der Waals surface area contributed by atoms with Crippen LogP contribution < -0.4 is 0 Å². The minimum atomic E-state index is 0.0274. The third-order valence-electron chi connectivity index (χ3n) is 5.68. The number of carbonyl (C=O) groups excluding carboxylic acids is 2. The summed E-state index contributed by atoms with van der Waals surface area (Å²) in [5, 5.41) is 0. The molecule has 0 aliphatic carbocycles. The fraction of sp³-hybridized carbons (Fsp3) is 0.391. The summed E-state index contributed by atoms with van der Waals surface area (Å²) < 4.78 is 5.66. The maximum atomic E-state index is 12.9. The van der Waals surface area contributed by atoms with Gasteiger partial charge in [0.25, 0.3) is 5.91 Å². The molecule has 0 spiro atoms. The van der Waals surface area contributed by atoms with Crippen molar-refractivity contribution in [3.05, 3.63) is 71.8 Å². The predicted octanol–water partition coefficient (Wildman–Crippen LogP) is 2.97. The van der Waals surface area contributed by atoms with Crippen molar-refractivity contribution in [3.8, 4) is 0 Å². The van der Waals surface area contributed by atoms with Gasteiger partial charge in [0.1, 0.15) is 6.61 Å². The zero-order chi connectivity index (χ0) is 19.3.